The van der Waals surface area contributed by atoms with Gasteiger partial charge in [-0.15, -0.1) is 0 Å². The molecule has 0 saturated heterocycles. The molecule has 0 aliphatic carbocycles. The van der Waals surface area contributed by atoms with E-state index in [4.69, 9.17) is 0 Å². The van der Waals surface area contributed by atoms with Gasteiger partial charge in [0.15, 0.2) is 0 Å². The van der Waals surface area contributed by atoms with Gasteiger partial charge in [-0.3, -0.25) is 4.68 Å². The van der Waals surface area contributed by atoms with Gasteiger partial charge in [0.05, 0.1) is 5.69 Å². The number of rotatable bonds is 4. The van der Waals surface area contributed by atoms with Gasteiger partial charge in [0, 0.05) is 5.69 Å². The lowest BCUT2D eigenvalue weighted by Gasteiger charge is -2.25. The van der Waals surface area contributed by atoms with Crippen molar-refractivity contribution >= 4 is 0 Å². The van der Waals surface area contributed by atoms with Crippen molar-refractivity contribution in [2.45, 2.75) is 26.0 Å². The van der Waals surface area contributed by atoms with Crippen LogP contribution < -0.4 is 0 Å². The Morgan fingerprint density at radius 3 is 1.83 bits per heavy atom. The molecule has 3 nitrogen and oxygen atoms in total. The second kappa shape index (κ2) is 6.53. The van der Waals surface area contributed by atoms with E-state index in [-0.39, 0.29) is 11.6 Å². The Morgan fingerprint density at radius 2 is 1.38 bits per heavy atom. The molecule has 5 heteroatoms. The van der Waals surface area contributed by atoms with Crippen molar-refractivity contribution in [2.75, 3.05) is 0 Å². The number of aryl methyl sites for hydroxylation is 2. The van der Waals surface area contributed by atoms with Crippen LogP contribution in [0.15, 0.2) is 54.6 Å². The predicted octanol–water partition coefficient (Wildman–Crippen LogP) is 4.10. The van der Waals surface area contributed by atoms with Gasteiger partial charge < -0.3 is 5.11 Å². The van der Waals surface area contributed by atoms with Gasteiger partial charge in [-0.1, -0.05) is 24.3 Å². The molecule has 0 saturated carbocycles. The summed E-state index contributed by atoms with van der Waals surface area (Å²) in [6.07, 6.45) is -0.950. The first-order valence-corrected chi connectivity index (χ1v) is 7.67. The molecule has 3 rings (SSSR count). The number of aliphatic hydroxyl groups is 1. The largest absolute Gasteiger partial charge is 0.386 e. The molecule has 0 fully saturated rings. The number of halogens is 2. The Balaban J connectivity index is 2.09. The summed E-state index contributed by atoms with van der Waals surface area (Å²) in [6, 6.07) is 13.0. The average Bonchev–Trinajstić information content (AvgIpc) is 2.88. The minimum absolute atomic E-state index is 0.345. The normalized spacial score (nSPS) is 13.7. The zero-order valence-electron chi connectivity index (χ0n) is 13.4. The first-order chi connectivity index (χ1) is 11.5. The van der Waals surface area contributed by atoms with Crippen molar-refractivity contribution in [3.8, 4) is 0 Å². The quantitative estimate of drug-likeness (QED) is 0.783. The fourth-order valence-electron chi connectivity index (χ4n) is 2.89. The van der Waals surface area contributed by atoms with Crippen LogP contribution in [0.4, 0.5) is 8.78 Å². The summed E-state index contributed by atoms with van der Waals surface area (Å²) >= 11 is 0. The summed E-state index contributed by atoms with van der Waals surface area (Å²) in [4.78, 5) is 0. The molecule has 1 aromatic heterocycles. The molecule has 2 atom stereocenters. The molecule has 1 heterocycles. The van der Waals surface area contributed by atoms with Gasteiger partial charge in [0.25, 0.3) is 0 Å². The van der Waals surface area contributed by atoms with Crippen LogP contribution in [0.1, 0.15) is 34.7 Å². The van der Waals surface area contributed by atoms with E-state index in [1.54, 1.807) is 28.9 Å². The highest BCUT2D eigenvalue weighted by atomic mass is 19.1. The number of hydrogen-bond acceptors (Lipinski definition) is 2. The highest BCUT2D eigenvalue weighted by molar-refractivity contribution is 5.28. The van der Waals surface area contributed by atoms with E-state index in [0.29, 0.717) is 5.56 Å². The predicted molar refractivity (Wildman–Crippen MR) is 87.6 cm³/mol. The maximum Gasteiger partial charge on any atom is 0.123 e. The summed E-state index contributed by atoms with van der Waals surface area (Å²) in [5.74, 6) is -0.711. The van der Waals surface area contributed by atoms with Crippen LogP contribution in [0, 0.1) is 25.5 Å². The van der Waals surface area contributed by atoms with Gasteiger partial charge in [0.2, 0.25) is 0 Å². The fraction of sp³-hybridized carbons (Fsp3) is 0.211. The van der Waals surface area contributed by atoms with Crippen molar-refractivity contribution in [1.82, 2.24) is 9.78 Å². The van der Waals surface area contributed by atoms with Crippen LogP contribution in [-0.4, -0.2) is 14.9 Å². The van der Waals surface area contributed by atoms with Gasteiger partial charge >= 0.3 is 0 Å². The maximum absolute atomic E-state index is 13.3. The third-order valence-electron chi connectivity index (χ3n) is 4.03. The molecular weight excluding hydrogens is 310 g/mol. The van der Waals surface area contributed by atoms with Crippen LogP contribution >= 0.6 is 0 Å². The van der Waals surface area contributed by atoms with Gasteiger partial charge in [-0.05, 0) is 55.3 Å². The van der Waals surface area contributed by atoms with E-state index in [9.17, 15) is 13.9 Å². The minimum atomic E-state index is -0.950. The van der Waals surface area contributed by atoms with Crippen LogP contribution in [0.25, 0.3) is 0 Å². The van der Waals surface area contributed by atoms with E-state index in [1.807, 2.05) is 19.9 Å². The van der Waals surface area contributed by atoms with E-state index in [0.717, 1.165) is 17.0 Å². The van der Waals surface area contributed by atoms with Gasteiger partial charge in [0.1, 0.15) is 23.8 Å². The highest BCUT2D eigenvalue weighted by Gasteiger charge is 2.27. The molecular formula is C19H18F2N2O. The van der Waals surface area contributed by atoms with Crippen molar-refractivity contribution in [3.63, 3.8) is 0 Å². The molecule has 0 amide bonds. The summed E-state index contributed by atoms with van der Waals surface area (Å²) in [7, 11) is 0. The molecule has 2 aromatic carbocycles. The molecule has 124 valence electrons. The van der Waals surface area contributed by atoms with Crippen LogP contribution in [-0.2, 0) is 0 Å². The molecule has 0 radical (unpaired) electrons. The standard InChI is InChI=1S/C19H18F2N2O/c1-12-11-13(2)23(22-12)18(14-3-7-16(20)8-4-14)19(24)15-5-9-17(21)10-6-15/h3-11,18-19,24H,1-2H3/t18-,19-/m1/s1. The van der Waals surface area contributed by atoms with Gasteiger partial charge in [-0.25, -0.2) is 8.78 Å². The van der Waals surface area contributed by atoms with E-state index in [2.05, 4.69) is 5.10 Å². The SMILES string of the molecule is Cc1cc(C)n([C@H](c2ccc(F)cc2)[C@H](O)c2ccc(F)cc2)n1. The lowest BCUT2D eigenvalue weighted by atomic mass is 9.95. The maximum atomic E-state index is 13.3. The molecule has 0 aliphatic heterocycles. The monoisotopic (exact) mass is 328 g/mol. The third-order valence-corrected chi connectivity index (χ3v) is 4.03. The molecule has 24 heavy (non-hydrogen) atoms. The Labute approximate surface area is 139 Å². The molecule has 0 aliphatic rings. The molecule has 1 N–H and O–H groups in total. The van der Waals surface area contributed by atoms with Gasteiger partial charge in [-0.2, -0.15) is 5.10 Å². The Bertz CT molecular complexity index is 826. The second-order valence-electron chi connectivity index (χ2n) is 5.86. The third kappa shape index (κ3) is 3.21. The molecule has 0 unspecified atom stereocenters. The van der Waals surface area contributed by atoms with Crippen molar-refractivity contribution in [3.05, 3.63) is 88.7 Å². The van der Waals surface area contributed by atoms with E-state index in [1.165, 1.54) is 24.3 Å². The Morgan fingerprint density at radius 1 is 0.875 bits per heavy atom. The topological polar surface area (TPSA) is 38.0 Å². The molecule has 0 spiro atoms. The Hall–Kier alpha value is -2.53. The van der Waals surface area contributed by atoms with E-state index >= 15 is 0 Å². The number of aromatic nitrogens is 2. The zero-order chi connectivity index (χ0) is 17.3. The number of aliphatic hydroxyl groups excluding tert-OH is 1. The zero-order valence-corrected chi connectivity index (χ0v) is 13.4. The summed E-state index contributed by atoms with van der Waals surface area (Å²) in [5.41, 5.74) is 2.99. The van der Waals surface area contributed by atoms with Crippen LogP contribution in [0.3, 0.4) is 0 Å². The number of hydrogen-bond donors (Lipinski definition) is 1. The highest BCUT2D eigenvalue weighted by Crippen LogP contribution is 2.33. The number of nitrogens with zero attached hydrogens (tertiary/aromatic N) is 2. The molecule has 0 bridgehead atoms. The minimum Gasteiger partial charge on any atom is -0.386 e. The first-order valence-electron chi connectivity index (χ1n) is 7.67. The Kier molecular flexibility index (Phi) is 4.44. The average molecular weight is 328 g/mol. The van der Waals surface area contributed by atoms with Crippen molar-refractivity contribution in [2.24, 2.45) is 0 Å². The summed E-state index contributed by atoms with van der Waals surface area (Å²) < 4.78 is 28.2. The lowest BCUT2D eigenvalue weighted by molar-refractivity contribution is 0.124. The fourth-order valence-corrected chi connectivity index (χ4v) is 2.89. The lowest BCUT2D eigenvalue weighted by Crippen LogP contribution is -2.21. The van der Waals surface area contributed by atoms with Crippen molar-refractivity contribution in [1.29, 1.82) is 0 Å². The number of benzene rings is 2. The van der Waals surface area contributed by atoms with Crippen LogP contribution in [0.2, 0.25) is 0 Å². The van der Waals surface area contributed by atoms with Crippen LogP contribution in [0.5, 0.6) is 0 Å². The second-order valence-corrected chi connectivity index (χ2v) is 5.86. The first kappa shape index (κ1) is 16.3. The summed E-state index contributed by atoms with van der Waals surface area (Å²) in [6.45, 7) is 3.77. The smallest absolute Gasteiger partial charge is 0.123 e. The van der Waals surface area contributed by atoms with Crippen molar-refractivity contribution < 1.29 is 13.9 Å². The van der Waals surface area contributed by atoms with E-state index < -0.39 is 12.1 Å². The summed E-state index contributed by atoms with van der Waals surface area (Å²) in [5, 5.41) is 15.4. The molecule has 3 aromatic rings.